The molecular weight excluding hydrogens is 236 g/mol. The SMILES string of the molecule is CSN=Nc1ccc([N+](=O)[O-])cc1[N+](=O)[O-]. The Labute approximate surface area is 93.8 Å². The quantitative estimate of drug-likeness (QED) is 0.348. The predicted molar refractivity (Wildman–Crippen MR) is 57.8 cm³/mol. The fourth-order valence-electron chi connectivity index (χ4n) is 0.941. The van der Waals surface area contributed by atoms with Crippen LogP contribution in [0.2, 0.25) is 0 Å². The maximum Gasteiger partial charge on any atom is 0.303 e. The van der Waals surface area contributed by atoms with Crippen LogP contribution < -0.4 is 0 Å². The molecule has 0 N–H and O–H groups in total. The Morgan fingerprint density at radius 1 is 1.25 bits per heavy atom. The minimum Gasteiger partial charge on any atom is -0.258 e. The van der Waals surface area contributed by atoms with E-state index >= 15 is 0 Å². The van der Waals surface area contributed by atoms with Gasteiger partial charge in [-0.15, -0.1) is 9.63 Å². The van der Waals surface area contributed by atoms with Crippen molar-refractivity contribution >= 4 is 29.0 Å². The Morgan fingerprint density at radius 3 is 2.44 bits per heavy atom. The predicted octanol–water partition coefficient (Wildman–Crippen LogP) is 2.86. The Bertz CT molecular complexity index is 462. The van der Waals surface area contributed by atoms with Crippen LogP contribution in [0.15, 0.2) is 27.8 Å². The molecule has 8 nitrogen and oxygen atoms in total. The summed E-state index contributed by atoms with van der Waals surface area (Å²) >= 11 is 1.03. The van der Waals surface area contributed by atoms with Crippen LogP contribution in [0, 0.1) is 20.2 Å². The van der Waals surface area contributed by atoms with Crippen LogP contribution in [0.25, 0.3) is 0 Å². The van der Waals surface area contributed by atoms with E-state index in [-0.39, 0.29) is 11.4 Å². The first kappa shape index (κ1) is 12.0. The van der Waals surface area contributed by atoms with Gasteiger partial charge in [-0.2, -0.15) is 0 Å². The molecule has 16 heavy (non-hydrogen) atoms. The average Bonchev–Trinajstić information content (AvgIpc) is 2.25. The van der Waals surface area contributed by atoms with Gasteiger partial charge in [-0.1, -0.05) is 0 Å². The summed E-state index contributed by atoms with van der Waals surface area (Å²) in [5, 5.41) is 24.6. The molecule has 0 aliphatic heterocycles. The highest BCUT2D eigenvalue weighted by Gasteiger charge is 2.19. The molecule has 0 aliphatic rings. The molecule has 0 saturated carbocycles. The van der Waals surface area contributed by atoms with Gasteiger partial charge in [0.05, 0.1) is 15.9 Å². The molecule has 0 saturated heterocycles. The van der Waals surface area contributed by atoms with E-state index in [0.29, 0.717) is 0 Å². The van der Waals surface area contributed by atoms with Gasteiger partial charge in [0, 0.05) is 12.3 Å². The highest BCUT2D eigenvalue weighted by molar-refractivity contribution is 7.97. The van der Waals surface area contributed by atoms with E-state index in [0.717, 1.165) is 24.1 Å². The van der Waals surface area contributed by atoms with Crippen molar-refractivity contribution in [1.29, 1.82) is 0 Å². The summed E-state index contributed by atoms with van der Waals surface area (Å²) < 4.78 is 3.53. The van der Waals surface area contributed by atoms with Crippen molar-refractivity contribution in [3.63, 3.8) is 0 Å². The van der Waals surface area contributed by atoms with Crippen molar-refractivity contribution in [3.8, 4) is 0 Å². The molecule has 1 rings (SSSR count). The largest absolute Gasteiger partial charge is 0.303 e. The van der Waals surface area contributed by atoms with E-state index in [1.54, 1.807) is 6.26 Å². The highest BCUT2D eigenvalue weighted by Crippen LogP contribution is 2.31. The average molecular weight is 242 g/mol. The summed E-state index contributed by atoms with van der Waals surface area (Å²) in [5.41, 5.74) is -0.799. The van der Waals surface area contributed by atoms with E-state index in [1.165, 1.54) is 6.07 Å². The third kappa shape index (κ3) is 2.73. The molecule has 0 radical (unpaired) electrons. The number of nitro groups is 2. The molecule has 0 heterocycles. The van der Waals surface area contributed by atoms with E-state index in [4.69, 9.17) is 0 Å². The first-order valence-corrected chi connectivity index (χ1v) is 5.11. The Balaban J connectivity index is 3.24. The second kappa shape index (κ2) is 5.16. The lowest BCUT2D eigenvalue weighted by Crippen LogP contribution is -1.92. The number of hydrogen-bond donors (Lipinski definition) is 0. The maximum absolute atomic E-state index is 10.6. The zero-order valence-electron chi connectivity index (χ0n) is 8.06. The van der Waals surface area contributed by atoms with Crippen LogP contribution in [-0.2, 0) is 0 Å². The van der Waals surface area contributed by atoms with Gasteiger partial charge in [0.2, 0.25) is 0 Å². The van der Waals surface area contributed by atoms with Gasteiger partial charge in [0.1, 0.15) is 0 Å². The van der Waals surface area contributed by atoms with Gasteiger partial charge >= 0.3 is 5.69 Å². The van der Waals surface area contributed by atoms with Crippen LogP contribution in [0.3, 0.4) is 0 Å². The minimum atomic E-state index is -0.734. The summed E-state index contributed by atoms with van der Waals surface area (Å²) in [4.78, 5) is 19.6. The molecular formula is C7H6N4O4S. The van der Waals surface area contributed by atoms with Crippen molar-refractivity contribution in [2.24, 2.45) is 9.63 Å². The first-order valence-electron chi connectivity index (χ1n) is 3.93. The van der Waals surface area contributed by atoms with Crippen LogP contribution in [0.1, 0.15) is 0 Å². The van der Waals surface area contributed by atoms with Gasteiger partial charge in [-0.25, -0.2) is 0 Å². The van der Waals surface area contributed by atoms with E-state index < -0.39 is 15.5 Å². The lowest BCUT2D eigenvalue weighted by atomic mass is 10.2. The second-order valence-electron chi connectivity index (χ2n) is 2.55. The van der Waals surface area contributed by atoms with Crippen LogP contribution >= 0.6 is 11.9 Å². The summed E-state index contributed by atoms with van der Waals surface area (Å²) in [6, 6.07) is 3.19. The first-order chi connectivity index (χ1) is 7.56. The Morgan fingerprint density at radius 2 is 1.94 bits per heavy atom. The number of non-ortho nitro benzene ring substituents is 1. The standard InChI is InChI=1S/C7H6N4O4S/c1-16-9-8-6-3-2-5(10(12)13)4-7(6)11(14)15/h2-4H,1H3. The molecule has 0 fully saturated rings. The molecule has 0 bridgehead atoms. The van der Waals surface area contributed by atoms with Crippen molar-refractivity contribution in [2.45, 2.75) is 0 Å². The second-order valence-corrected chi connectivity index (χ2v) is 3.08. The number of rotatable bonds is 4. The summed E-state index contributed by atoms with van der Waals surface area (Å²) in [5.74, 6) is 0. The van der Waals surface area contributed by atoms with Crippen molar-refractivity contribution in [2.75, 3.05) is 6.26 Å². The monoisotopic (exact) mass is 242 g/mol. The molecule has 9 heteroatoms. The molecule has 0 spiro atoms. The maximum atomic E-state index is 10.6. The van der Waals surface area contributed by atoms with Gasteiger partial charge in [-0.05, 0) is 18.0 Å². The smallest absolute Gasteiger partial charge is 0.258 e. The third-order valence-electron chi connectivity index (χ3n) is 1.60. The summed E-state index contributed by atoms with van der Waals surface area (Å²) in [6.07, 6.45) is 1.64. The van der Waals surface area contributed by atoms with Crippen LogP contribution in [-0.4, -0.2) is 16.1 Å². The zero-order chi connectivity index (χ0) is 12.1. The Hall–Kier alpha value is -2.03. The van der Waals surface area contributed by atoms with Crippen molar-refractivity contribution in [1.82, 2.24) is 0 Å². The van der Waals surface area contributed by atoms with Crippen molar-refractivity contribution < 1.29 is 9.85 Å². The normalized spacial score (nSPS) is 10.6. The highest BCUT2D eigenvalue weighted by atomic mass is 32.2. The zero-order valence-corrected chi connectivity index (χ0v) is 8.88. The molecule has 0 amide bonds. The van der Waals surface area contributed by atoms with Crippen LogP contribution in [0.5, 0.6) is 0 Å². The van der Waals surface area contributed by atoms with Crippen molar-refractivity contribution in [3.05, 3.63) is 38.4 Å². The number of hydrogen-bond acceptors (Lipinski definition) is 7. The molecule has 84 valence electrons. The molecule has 0 atom stereocenters. The summed E-state index contributed by atoms with van der Waals surface area (Å²) in [7, 11) is 0. The topological polar surface area (TPSA) is 111 Å². The number of nitrogens with zero attached hydrogens (tertiary/aromatic N) is 4. The van der Waals surface area contributed by atoms with Gasteiger partial charge in [-0.3, -0.25) is 20.2 Å². The van der Waals surface area contributed by atoms with E-state index in [2.05, 4.69) is 9.63 Å². The lowest BCUT2D eigenvalue weighted by molar-refractivity contribution is -0.393. The molecule has 0 aliphatic carbocycles. The number of benzene rings is 1. The minimum absolute atomic E-state index is 0.00931. The fourth-order valence-corrected chi connectivity index (χ4v) is 1.11. The third-order valence-corrected chi connectivity index (χ3v) is 1.84. The summed E-state index contributed by atoms with van der Waals surface area (Å²) in [6.45, 7) is 0. The van der Waals surface area contributed by atoms with Crippen LogP contribution in [0.4, 0.5) is 17.1 Å². The number of nitro benzene ring substituents is 2. The van der Waals surface area contributed by atoms with Gasteiger partial charge in [0.15, 0.2) is 5.69 Å². The fraction of sp³-hybridized carbons (Fsp3) is 0.143. The molecule has 0 aromatic heterocycles. The molecule has 0 unspecified atom stereocenters. The molecule has 1 aromatic carbocycles. The Kier molecular flexibility index (Phi) is 3.89. The van der Waals surface area contributed by atoms with E-state index in [9.17, 15) is 20.2 Å². The van der Waals surface area contributed by atoms with E-state index in [1.807, 2.05) is 0 Å². The van der Waals surface area contributed by atoms with Gasteiger partial charge < -0.3 is 0 Å². The lowest BCUT2D eigenvalue weighted by Gasteiger charge is -1.95. The molecule has 1 aromatic rings. The van der Waals surface area contributed by atoms with Gasteiger partial charge in [0.25, 0.3) is 5.69 Å².